The Balaban J connectivity index is 1.58. The molecule has 190 valence electrons. The zero-order valence-corrected chi connectivity index (χ0v) is 20.7. The van der Waals surface area contributed by atoms with E-state index < -0.39 is 5.97 Å². The maximum Gasteiger partial charge on any atom is 0.305 e. The Kier molecular flexibility index (Phi) is 8.73. The van der Waals surface area contributed by atoms with Gasteiger partial charge in [0.1, 0.15) is 0 Å². The zero-order valence-electron chi connectivity index (χ0n) is 20.7. The van der Waals surface area contributed by atoms with Crippen molar-refractivity contribution in [1.82, 2.24) is 15.1 Å². The van der Waals surface area contributed by atoms with Crippen LogP contribution in [0.5, 0.6) is 0 Å². The van der Waals surface area contributed by atoms with Gasteiger partial charge >= 0.3 is 5.97 Å². The number of carboxylic acid groups (broad SMARTS) is 1. The Bertz CT molecular complexity index is 1140. The lowest BCUT2D eigenvalue weighted by atomic mass is 9.81. The van der Waals surface area contributed by atoms with Crippen molar-refractivity contribution in [3.8, 4) is 5.69 Å². The molecule has 1 atom stereocenters. The predicted octanol–water partition coefficient (Wildman–Crippen LogP) is 4.96. The van der Waals surface area contributed by atoms with Crippen LogP contribution in [0.4, 0.5) is 5.69 Å². The van der Waals surface area contributed by atoms with Gasteiger partial charge in [0, 0.05) is 36.7 Å². The average Bonchev–Trinajstić information content (AvgIpc) is 3.32. The van der Waals surface area contributed by atoms with Crippen LogP contribution in [0.15, 0.2) is 60.8 Å². The molecule has 8 heteroatoms. The molecule has 0 spiro atoms. The fraction of sp³-hybridized carbons (Fsp3) is 0.393. The number of hydrogen-bond donors (Lipinski definition) is 3. The van der Waals surface area contributed by atoms with Crippen molar-refractivity contribution < 1.29 is 19.4 Å². The molecule has 1 aromatic heterocycles. The smallest absolute Gasteiger partial charge is 0.305 e. The highest BCUT2D eigenvalue weighted by molar-refractivity contribution is 5.94. The van der Waals surface area contributed by atoms with Gasteiger partial charge in [-0.25, -0.2) is 4.68 Å². The highest BCUT2D eigenvalue weighted by Gasteiger charge is 2.29. The quantitative estimate of drug-likeness (QED) is 0.351. The Morgan fingerprint density at radius 1 is 1.08 bits per heavy atom. The first-order chi connectivity index (χ1) is 17.5. The van der Waals surface area contributed by atoms with Crippen molar-refractivity contribution in [3.63, 3.8) is 0 Å². The minimum absolute atomic E-state index is 0.0585. The van der Waals surface area contributed by atoms with Crippen LogP contribution in [0.1, 0.15) is 66.2 Å². The maximum absolute atomic E-state index is 12.3. The lowest BCUT2D eigenvalue weighted by Crippen LogP contribution is -2.26. The van der Waals surface area contributed by atoms with Gasteiger partial charge in [0.05, 0.1) is 30.5 Å². The second kappa shape index (κ2) is 12.4. The summed E-state index contributed by atoms with van der Waals surface area (Å²) < 4.78 is 7.43. The largest absolute Gasteiger partial charge is 0.481 e. The number of benzene rings is 2. The molecule has 0 aliphatic heterocycles. The van der Waals surface area contributed by atoms with Crippen LogP contribution < -0.4 is 10.6 Å². The molecule has 1 aliphatic rings. The molecule has 8 nitrogen and oxygen atoms in total. The van der Waals surface area contributed by atoms with E-state index in [1.807, 2.05) is 47.1 Å². The van der Waals surface area contributed by atoms with E-state index in [9.17, 15) is 9.59 Å². The average molecular weight is 491 g/mol. The number of aliphatic carboxylic acids is 1. The third-order valence-electron chi connectivity index (χ3n) is 6.67. The molecule has 2 aromatic carbocycles. The predicted molar refractivity (Wildman–Crippen MR) is 138 cm³/mol. The highest BCUT2D eigenvalue weighted by Crippen LogP contribution is 2.38. The number of nitrogens with one attached hydrogen (secondary N) is 2. The summed E-state index contributed by atoms with van der Waals surface area (Å²) in [6, 6.07) is 17.5. The van der Waals surface area contributed by atoms with Gasteiger partial charge in [0.2, 0.25) is 0 Å². The number of carbonyl (C=O) groups is 2. The molecular weight excluding hydrogens is 456 g/mol. The summed E-state index contributed by atoms with van der Waals surface area (Å²) in [6.07, 6.45) is 7.99. The van der Waals surface area contributed by atoms with Crippen LogP contribution >= 0.6 is 0 Å². The van der Waals surface area contributed by atoms with Gasteiger partial charge in [-0.2, -0.15) is 5.10 Å². The second-order valence-electron chi connectivity index (χ2n) is 9.24. The topological polar surface area (TPSA) is 105 Å². The number of carboxylic acids is 1. The van der Waals surface area contributed by atoms with Crippen LogP contribution in [0.3, 0.4) is 0 Å². The molecule has 1 fully saturated rings. The minimum Gasteiger partial charge on any atom is -0.481 e. The van der Waals surface area contributed by atoms with Gasteiger partial charge in [0.25, 0.3) is 5.91 Å². The number of aromatic nitrogens is 2. The summed E-state index contributed by atoms with van der Waals surface area (Å²) in [5.41, 5.74) is 4.46. The number of nitrogens with zero attached hydrogens (tertiary/aromatic N) is 2. The normalized spacial score (nSPS) is 14.8. The van der Waals surface area contributed by atoms with Gasteiger partial charge in [-0.15, -0.1) is 0 Å². The maximum atomic E-state index is 12.3. The molecule has 1 amide bonds. The number of carbonyl (C=O) groups excluding carboxylic acids is 1. The van der Waals surface area contributed by atoms with Crippen molar-refractivity contribution in [1.29, 1.82) is 0 Å². The minimum atomic E-state index is -0.938. The Hall–Kier alpha value is -3.65. The van der Waals surface area contributed by atoms with Crippen LogP contribution in [-0.4, -0.2) is 40.4 Å². The second-order valence-corrected chi connectivity index (χ2v) is 9.24. The summed E-state index contributed by atoms with van der Waals surface area (Å²) in [5.74, 6) is -0.757. The molecule has 3 N–H and O–H groups in total. The first kappa shape index (κ1) is 25.4. The summed E-state index contributed by atoms with van der Waals surface area (Å²) in [6.45, 7) is 0.529. The SMILES string of the molecule is COCc1nn(-c2ccccc2)cc1C(Nc1ccc(C(=O)NCCC(=O)O)cc1)C1CCCCC1. The summed E-state index contributed by atoms with van der Waals surface area (Å²) >= 11 is 0. The molecule has 0 radical (unpaired) electrons. The molecule has 1 aliphatic carbocycles. The van der Waals surface area contributed by atoms with E-state index in [0.717, 1.165) is 35.5 Å². The summed E-state index contributed by atoms with van der Waals surface area (Å²) in [4.78, 5) is 23.0. The molecule has 1 unspecified atom stereocenters. The number of rotatable bonds is 11. The Labute approximate surface area is 211 Å². The standard InChI is InChI=1S/C28H34N4O4/c1-36-19-25-24(18-32(31-25)23-10-6-3-7-11-23)27(20-8-4-2-5-9-20)30-22-14-12-21(13-15-22)28(35)29-17-16-26(33)34/h3,6-7,10-15,18,20,27,30H,2,4-5,8-9,16-17,19H2,1H3,(H,29,35)(H,33,34). The van der Waals surface area contributed by atoms with Crippen LogP contribution in [-0.2, 0) is 16.1 Å². The van der Waals surface area contributed by atoms with Crippen molar-refractivity contribution in [3.05, 3.63) is 77.6 Å². The van der Waals surface area contributed by atoms with E-state index in [1.54, 1.807) is 19.2 Å². The molecule has 0 saturated heterocycles. The third-order valence-corrected chi connectivity index (χ3v) is 6.67. The van der Waals surface area contributed by atoms with E-state index in [4.69, 9.17) is 14.9 Å². The first-order valence-corrected chi connectivity index (χ1v) is 12.5. The number of amides is 1. The Morgan fingerprint density at radius 2 is 1.81 bits per heavy atom. The van der Waals surface area contributed by atoms with Crippen molar-refractivity contribution >= 4 is 17.6 Å². The van der Waals surface area contributed by atoms with Gasteiger partial charge < -0.3 is 20.5 Å². The first-order valence-electron chi connectivity index (χ1n) is 12.5. The number of para-hydroxylation sites is 1. The fourth-order valence-corrected chi connectivity index (χ4v) is 4.84. The van der Waals surface area contributed by atoms with Crippen LogP contribution in [0.2, 0.25) is 0 Å². The lowest BCUT2D eigenvalue weighted by molar-refractivity contribution is -0.136. The number of hydrogen-bond acceptors (Lipinski definition) is 5. The van der Waals surface area contributed by atoms with Gasteiger partial charge in [-0.3, -0.25) is 9.59 Å². The Morgan fingerprint density at radius 3 is 2.47 bits per heavy atom. The molecule has 0 bridgehead atoms. The molecular formula is C28H34N4O4. The third kappa shape index (κ3) is 6.51. The van der Waals surface area contributed by atoms with E-state index in [2.05, 4.69) is 16.8 Å². The monoisotopic (exact) mass is 490 g/mol. The fourth-order valence-electron chi connectivity index (χ4n) is 4.84. The van der Waals surface area contributed by atoms with Crippen molar-refractivity contribution in [2.24, 2.45) is 5.92 Å². The summed E-state index contributed by atoms with van der Waals surface area (Å²) in [7, 11) is 1.69. The molecule has 3 aromatic rings. The lowest BCUT2D eigenvalue weighted by Gasteiger charge is -2.32. The van der Waals surface area contributed by atoms with E-state index in [0.29, 0.717) is 18.1 Å². The summed E-state index contributed by atoms with van der Waals surface area (Å²) in [5, 5.41) is 20.0. The van der Waals surface area contributed by atoms with Gasteiger partial charge in [0.15, 0.2) is 0 Å². The zero-order chi connectivity index (χ0) is 25.3. The number of anilines is 1. The number of ether oxygens (including phenoxy) is 1. The van der Waals surface area contributed by atoms with Crippen LogP contribution in [0, 0.1) is 5.92 Å². The number of methoxy groups -OCH3 is 1. The van der Waals surface area contributed by atoms with Crippen molar-refractivity contribution in [2.45, 2.75) is 51.2 Å². The molecule has 1 saturated carbocycles. The molecule has 36 heavy (non-hydrogen) atoms. The molecule has 4 rings (SSSR count). The van der Waals surface area contributed by atoms with E-state index in [1.165, 1.54) is 19.3 Å². The molecule has 1 heterocycles. The van der Waals surface area contributed by atoms with Crippen molar-refractivity contribution in [2.75, 3.05) is 19.0 Å². The highest BCUT2D eigenvalue weighted by atomic mass is 16.5. The van der Waals surface area contributed by atoms with Gasteiger partial charge in [-0.05, 0) is 55.2 Å². The van der Waals surface area contributed by atoms with Crippen LogP contribution in [0.25, 0.3) is 5.69 Å². The van der Waals surface area contributed by atoms with Gasteiger partial charge in [-0.1, -0.05) is 37.5 Å². The van der Waals surface area contributed by atoms with E-state index >= 15 is 0 Å². The van der Waals surface area contributed by atoms with E-state index in [-0.39, 0.29) is 24.9 Å².